The van der Waals surface area contributed by atoms with Crippen molar-refractivity contribution in [1.82, 2.24) is 15.6 Å². The number of anilines is 2. The van der Waals surface area contributed by atoms with Crippen LogP contribution in [0.2, 0.25) is 0 Å². The molecule has 2 aromatic rings. The third-order valence-corrected chi connectivity index (χ3v) is 9.27. The number of amides is 1. The highest BCUT2D eigenvalue weighted by atomic mass is 32.2. The number of ether oxygens (including phenoxy) is 1. The molecule has 42 heavy (non-hydrogen) atoms. The van der Waals surface area contributed by atoms with Gasteiger partial charge in [0.25, 0.3) is 5.91 Å². The number of carbonyl (C=O) groups is 1. The lowest BCUT2D eigenvalue weighted by molar-refractivity contribution is 0.0730. The summed E-state index contributed by atoms with van der Waals surface area (Å²) in [7, 11) is -2.39. The maximum atomic E-state index is 13.7. The van der Waals surface area contributed by atoms with Crippen molar-refractivity contribution in [2.75, 3.05) is 36.4 Å². The zero-order chi connectivity index (χ0) is 31.2. The van der Waals surface area contributed by atoms with E-state index in [1.807, 2.05) is 0 Å². The van der Waals surface area contributed by atoms with Crippen molar-refractivity contribution in [3.8, 4) is 18.1 Å². The molecule has 0 radical (unpaired) electrons. The molecule has 10 nitrogen and oxygen atoms in total. The lowest BCUT2D eigenvalue weighted by Gasteiger charge is -2.26. The highest BCUT2D eigenvalue weighted by Crippen LogP contribution is 2.37. The Bertz CT molecular complexity index is 1380. The highest BCUT2D eigenvalue weighted by Gasteiger charge is 2.32. The van der Waals surface area contributed by atoms with E-state index in [0.717, 1.165) is 22.9 Å². The molecule has 1 saturated carbocycles. The molecule has 1 aliphatic rings. The molecular formula is C29H39F2N5O5S. The first-order chi connectivity index (χ1) is 19.7. The summed E-state index contributed by atoms with van der Waals surface area (Å²) >= 11 is 0. The number of hydrogen-bond acceptors (Lipinski definition) is 8. The first kappa shape index (κ1) is 33.0. The summed E-state index contributed by atoms with van der Waals surface area (Å²) in [4.78, 5) is 17.9. The molecule has 4 N–H and O–H groups in total. The monoisotopic (exact) mass is 607 g/mol. The van der Waals surface area contributed by atoms with Crippen molar-refractivity contribution in [2.45, 2.75) is 57.6 Å². The molecule has 5 atom stereocenters. The molecule has 1 amide bonds. The number of nitrogens with one attached hydrogen (secondary N) is 3. The van der Waals surface area contributed by atoms with E-state index in [-0.39, 0.29) is 36.3 Å². The van der Waals surface area contributed by atoms with Gasteiger partial charge in [-0.15, -0.1) is 6.42 Å². The normalized spacial score (nSPS) is 18.5. The molecule has 1 fully saturated rings. The molecule has 230 valence electrons. The van der Waals surface area contributed by atoms with Crippen LogP contribution in [0.4, 0.5) is 20.4 Å². The fourth-order valence-corrected chi connectivity index (χ4v) is 5.05. The second-order valence-corrected chi connectivity index (χ2v) is 13.4. The van der Waals surface area contributed by atoms with Gasteiger partial charge in [-0.2, -0.15) is 0 Å². The minimum atomic E-state index is -3.75. The minimum Gasteiger partial charge on any atom is -0.491 e. The van der Waals surface area contributed by atoms with Crippen molar-refractivity contribution >= 4 is 27.6 Å². The Kier molecular flexibility index (Phi) is 11.1. The molecule has 0 bridgehead atoms. The Balaban J connectivity index is 1.88. The summed E-state index contributed by atoms with van der Waals surface area (Å²) in [6, 6.07) is 4.05. The maximum absolute atomic E-state index is 13.7. The van der Waals surface area contributed by atoms with E-state index in [0.29, 0.717) is 30.3 Å². The maximum Gasteiger partial charge on any atom is 0.251 e. The smallest absolute Gasteiger partial charge is 0.251 e. The zero-order valence-electron chi connectivity index (χ0n) is 24.4. The summed E-state index contributed by atoms with van der Waals surface area (Å²) in [5.41, 5.74) is 0.0797. The first-order valence-corrected chi connectivity index (χ1v) is 15.2. The van der Waals surface area contributed by atoms with E-state index in [1.54, 1.807) is 20.8 Å². The van der Waals surface area contributed by atoms with Gasteiger partial charge in [0, 0.05) is 43.9 Å². The van der Waals surface area contributed by atoms with Crippen molar-refractivity contribution in [1.29, 1.82) is 0 Å². The largest absolute Gasteiger partial charge is 0.491 e. The van der Waals surface area contributed by atoms with Gasteiger partial charge in [0.15, 0.2) is 0 Å². The number of carbonyl (C=O) groups excluding carboxylic acids is 1. The molecule has 0 saturated heterocycles. The second kappa shape index (κ2) is 14.1. The summed E-state index contributed by atoms with van der Waals surface area (Å²) in [5.74, 6) is 1.37. The highest BCUT2D eigenvalue weighted by molar-refractivity contribution is 7.93. The van der Waals surface area contributed by atoms with Crippen LogP contribution in [0.3, 0.4) is 0 Å². The molecule has 1 heterocycles. The van der Waals surface area contributed by atoms with Crippen LogP contribution in [-0.4, -0.2) is 74.6 Å². The minimum absolute atomic E-state index is 0.0273. The summed E-state index contributed by atoms with van der Waals surface area (Å²) < 4.78 is 59.6. The predicted molar refractivity (Wildman–Crippen MR) is 158 cm³/mol. The Labute approximate surface area is 246 Å². The third-order valence-electron chi connectivity index (χ3n) is 7.13. The third kappa shape index (κ3) is 9.01. The first-order valence-electron chi connectivity index (χ1n) is 13.7. The van der Waals surface area contributed by atoms with Crippen LogP contribution in [0.25, 0.3) is 0 Å². The van der Waals surface area contributed by atoms with Gasteiger partial charge in [-0.05, 0) is 51.2 Å². The van der Waals surface area contributed by atoms with E-state index >= 15 is 0 Å². The SMILES string of the molecule is C#CC(C)NC[C@@H](O)[C@H](COc1cc(F)cc(F)c1)NC(=O)c1cc(NC[C@H]2C[C@@H]2C)nc(N(C)S(=O)(=O)C(C)C)c1. The van der Waals surface area contributed by atoms with Crippen LogP contribution in [0.15, 0.2) is 30.3 Å². The Hall–Kier alpha value is -3.47. The molecular weight excluding hydrogens is 568 g/mol. The molecule has 1 aliphatic carbocycles. The predicted octanol–water partition coefficient (Wildman–Crippen LogP) is 2.75. The van der Waals surface area contributed by atoms with Gasteiger partial charge in [0.2, 0.25) is 10.0 Å². The van der Waals surface area contributed by atoms with Crippen LogP contribution in [0.5, 0.6) is 5.75 Å². The number of aliphatic hydroxyl groups is 1. The number of aliphatic hydroxyl groups excluding tert-OH is 1. The number of terminal acetylenes is 1. The quantitative estimate of drug-likeness (QED) is 0.227. The molecule has 0 spiro atoms. The molecule has 13 heteroatoms. The van der Waals surface area contributed by atoms with Gasteiger partial charge >= 0.3 is 0 Å². The van der Waals surface area contributed by atoms with Crippen molar-refractivity contribution < 1.29 is 31.8 Å². The fourth-order valence-electron chi connectivity index (χ4n) is 4.06. The van der Waals surface area contributed by atoms with E-state index < -0.39 is 45.0 Å². The number of rotatable bonds is 15. The van der Waals surface area contributed by atoms with Gasteiger partial charge in [0.05, 0.1) is 23.4 Å². The van der Waals surface area contributed by atoms with Crippen LogP contribution < -0.4 is 25.0 Å². The van der Waals surface area contributed by atoms with Crippen LogP contribution in [0, 0.1) is 35.8 Å². The summed E-state index contributed by atoms with van der Waals surface area (Å²) in [5, 5.41) is 19.0. The standard InChI is InChI=1S/C29H39F2N5O5S/c1-7-19(5)32-15-26(37)25(16-41-24-12-22(30)11-23(31)13-24)34-29(38)20-9-27(33-14-21-8-18(21)4)35-28(10-20)36(6)42(39,40)17(2)3/h1,9-13,17-19,21,25-26,32,37H,8,14-16H2,2-6H3,(H,33,35)(H,34,38)/t18-,19?,21+,25-,26+/m0/s1. The summed E-state index contributed by atoms with van der Waals surface area (Å²) in [6.45, 7) is 7.17. The summed E-state index contributed by atoms with van der Waals surface area (Å²) in [6.07, 6.45) is 5.23. The van der Waals surface area contributed by atoms with E-state index in [4.69, 9.17) is 11.2 Å². The van der Waals surface area contributed by atoms with E-state index in [2.05, 4.69) is 33.8 Å². The second-order valence-electron chi connectivity index (χ2n) is 10.9. The van der Waals surface area contributed by atoms with Gasteiger partial charge < -0.3 is 25.8 Å². The molecule has 1 aromatic heterocycles. The fraction of sp³-hybridized carbons (Fsp3) is 0.517. The number of sulfonamides is 1. The van der Waals surface area contributed by atoms with Crippen LogP contribution in [-0.2, 0) is 10.0 Å². The van der Waals surface area contributed by atoms with Gasteiger partial charge in [-0.3, -0.25) is 9.10 Å². The molecule has 1 aromatic carbocycles. The Morgan fingerprint density at radius 2 is 1.86 bits per heavy atom. The van der Waals surface area contributed by atoms with Crippen molar-refractivity contribution in [3.05, 3.63) is 47.5 Å². The molecule has 1 unspecified atom stereocenters. The van der Waals surface area contributed by atoms with Gasteiger partial charge in [-0.25, -0.2) is 22.2 Å². The van der Waals surface area contributed by atoms with Gasteiger partial charge in [-0.1, -0.05) is 12.8 Å². The van der Waals surface area contributed by atoms with E-state index in [1.165, 1.54) is 19.2 Å². The molecule has 3 rings (SSSR count). The average Bonchev–Trinajstić information content (AvgIpc) is 3.65. The topological polar surface area (TPSA) is 133 Å². The zero-order valence-corrected chi connectivity index (χ0v) is 25.2. The van der Waals surface area contributed by atoms with Crippen molar-refractivity contribution in [3.63, 3.8) is 0 Å². The Morgan fingerprint density at radius 1 is 1.21 bits per heavy atom. The Morgan fingerprint density at radius 3 is 2.43 bits per heavy atom. The number of pyridine rings is 1. The van der Waals surface area contributed by atoms with Crippen LogP contribution in [0.1, 0.15) is 44.5 Å². The van der Waals surface area contributed by atoms with E-state index in [9.17, 15) is 27.1 Å². The lowest BCUT2D eigenvalue weighted by Crippen LogP contribution is -2.51. The average molecular weight is 608 g/mol. The molecule has 0 aliphatic heterocycles. The van der Waals surface area contributed by atoms with Crippen LogP contribution >= 0.6 is 0 Å². The van der Waals surface area contributed by atoms with Crippen molar-refractivity contribution in [2.24, 2.45) is 11.8 Å². The number of aromatic nitrogens is 1. The number of benzene rings is 1. The number of hydrogen-bond donors (Lipinski definition) is 4. The number of nitrogens with zero attached hydrogens (tertiary/aromatic N) is 2. The van der Waals surface area contributed by atoms with Gasteiger partial charge in [0.1, 0.15) is 35.6 Å². The number of halogens is 2. The lowest BCUT2D eigenvalue weighted by atomic mass is 10.1.